The summed E-state index contributed by atoms with van der Waals surface area (Å²) in [5, 5.41) is 1.35. The molecule has 1 saturated heterocycles. The molecule has 30 heavy (non-hydrogen) atoms. The van der Waals surface area contributed by atoms with Crippen LogP contribution in [-0.2, 0) is 13.1 Å². The van der Waals surface area contributed by atoms with Gasteiger partial charge in [-0.1, -0.05) is 71.2 Å². The van der Waals surface area contributed by atoms with Gasteiger partial charge in [-0.3, -0.25) is 9.80 Å². The molecule has 1 aliphatic rings. The molecule has 156 valence electrons. The number of hydrogen-bond donors (Lipinski definition) is 0. The van der Waals surface area contributed by atoms with Gasteiger partial charge >= 0.3 is 0 Å². The summed E-state index contributed by atoms with van der Waals surface area (Å²) in [4.78, 5) is 4.83. The van der Waals surface area contributed by atoms with Crippen LogP contribution in [0.5, 0.6) is 0 Å². The maximum atomic E-state index is 13.4. The molecule has 1 heterocycles. The van der Waals surface area contributed by atoms with Gasteiger partial charge in [0.1, 0.15) is 5.82 Å². The first-order chi connectivity index (χ1) is 14.5. The van der Waals surface area contributed by atoms with E-state index in [2.05, 4.69) is 41.0 Å². The SMILES string of the molecule is Cc1cccc(CN2CCCN(Cc3ccc(F)cc3)[C@@H]2c2c(Cl)cccc2Cl)c1. The average molecular weight is 443 g/mol. The van der Waals surface area contributed by atoms with E-state index in [9.17, 15) is 4.39 Å². The highest BCUT2D eigenvalue weighted by molar-refractivity contribution is 6.36. The Morgan fingerprint density at radius 3 is 2.07 bits per heavy atom. The Bertz CT molecular complexity index is 986. The smallest absolute Gasteiger partial charge is 0.123 e. The van der Waals surface area contributed by atoms with Crippen molar-refractivity contribution in [2.45, 2.75) is 32.6 Å². The van der Waals surface area contributed by atoms with Gasteiger partial charge in [0.2, 0.25) is 0 Å². The van der Waals surface area contributed by atoms with Gasteiger partial charge in [-0.15, -0.1) is 0 Å². The minimum absolute atomic E-state index is 0.0504. The highest BCUT2D eigenvalue weighted by Crippen LogP contribution is 2.39. The summed E-state index contributed by atoms with van der Waals surface area (Å²) < 4.78 is 13.4. The zero-order valence-electron chi connectivity index (χ0n) is 17.0. The molecule has 4 rings (SSSR count). The summed E-state index contributed by atoms with van der Waals surface area (Å²) in [6.07, 6.45) is 0.997. The maximum absolute atomic E-state index is 13.4. The van der Waals surface area contributed by atoms with E-state index >= 15 is 0 Å². The fourth-order valence-corrected chi connectivity index (χ4v) is 4.87. The molecule has 5 heteroatoms. The molecule has 0 spiro atoms. The summed E-state index contributed by atoms with van der Waals surface area (Å²) in [6, 6.07) is 21.0. The van der Waals surface area contributed by atoms with Crippen LogP contribution >= 0.6 is 23.2 Å². The molecule has 2 nitrogen and oxygen atoms in total. The average Bonchev–Trinajstić information content (AvgIpc) is 2.71. The van der Waals surface area contributed by atoms with Gasteiger partial charge in [-0.25, -0.2) is 4.39 Å². The molecule has 0 aromatic heterocycles. The number of nitrogens with zero attached hydrogens (tertiary/aromatic N) is 2. The molecule has 0 amide bonds. The Balaban J connectivity index is 1.70. The van der Waals surface area contributed by atoms with Crippen molar-refractivity contribution < 1.29 is 4.39 Å². The number of benzene rings is 3. The van der Waals surface area contributed by atoms with Crippen LogP contribution in [0, 0.1) is 12.7 Å². The van der Waals surface area contributed by atoms with Crippen molar-refractivity contribution in [1.82, 2.24) is 9.80 Å². The molecule has 0 saturated carbocycles. The molecular formula is C25H25Cl2FN2. The van der Waals surface area contributed by atoms with E-state index in [0.717, 1.165) is 37.2 Å². The van der Waals surface area contributed by atoms with Crippen molar-refractivity contribution in [2.75, 3.05) is 13.1 Å². The zero-order chi connectivity index (χ0) is 21.1. The predicted molar refractivity (Wildman–Crippen MR) is 122 cm³/mol. The van der Waals surface area contributed by atoms with E-state index in [-0.39, 0.29) is 12.0 Å². The standard InChI is InChI=1S/C25H25Cl2FN2/c1-18-5-2-6-20(15-18)17-30-14-4-13-29(16-19-9-11-21(28)12-10-19)25(30)24-22(26)7-3-8-23(24)27/h2-3,5-12,15,25H,4,13-14,16-17H2,1H3/t25-/m0/s1. The topological polar surface area (TPSA) is 6.48 Å². The highest BCUT2D eigenvalue weighted by Gasteiger charge is 2.33. The Kier molecular flexibility index (Phi) is 6.74. The summed E-state index contributed by atoms with van der Waals surface area (Å²) in [7, 11) is 0. The molecule has 1 fully saturated rings. The summed E-state index contributed by atoms with van der Waals surface area (Å²) >= 11 is 13.3. The second-order valence-corrected chi connectivity index (χ2v) is 8.73. The fourth-order valence-electron chi connectivity index (χ4n) is 4.28. The van der Waals surface area contributed by atoms with Crippen LogP contribution in [0.25, 0.3) is 0 Å². The quantitative estimate of drug-likeness (QED) is 0.426. The molecule has 0 unspecified atom stereocenters. The van der Waals surface area contributed by atoms with Crippen LogP contribution in [-0.4, -0.2) is 22.9 Å². The first-order valence-electron chi connectivity index (χ1n) is 10.2. The van der Waals surface area contributed by atoms with Crippen molar-refractivity contribution in [3.05, 3.63) is 105 Å². The van der Waals surface area contributed by atoms with Gasteiger partial charge in [0.25, 0.3) is 0 Å². The van der Waals surface area contributed by atoms with Crippen LogP contribution in [0.4, 0.5) is 4.39 Å². The van der Waals surface area contributed by atoms with Gasteiger partial charge in [0, 0.05) is 41.8 Å². The highest BCUT2D eigenvalue weighted by atomic mass is 35.5. The van der Waals surface area contributed by atoms with Gasteiger partial charge in [0.15, 0.2) is 0 Å². The van der Waals surface area contributed by atoms with Crippen molar-refractivity contribution in [3.8, 4) is 0 Å². The Labute approximate surface area is 187 Å². The Morgan fingerprint density at radius 2 is 1.43 bits per heavy atom. The molecule has 0 N–H and O–H groups in total. The molecule has 3 aromatic carbocycles. The molecular weight excluding hydrogens is 418 g/mol. The van der Waals surface area contributed by atoms with Crippen LogP contribution in [0.1, 0.15) is 34.8 Å². The van der Waals surface area contributed by atoms with E-state index < -0.39 is 0 Å². The molecule has 0 aliphatic carbocycles. The lowest BCUT2D eigenvalue weighted by Gasteiger charge is -2.45. The predicted octanol–water partition coefficient (Wildman–Crippen LogP) is 6.85. The van der Waals surface area contributed by atoms with Gasteiger partial charge < -0.3 is 0 Å². The second kappa shape index (κ2) is 9.49. The lowest BCUT2D eigenvalue weighted by Crippen LogP contribution is -2.47. The van der Waals surface area contributed by atoms with Gasteiger partial charge in [-0.2, -0.15) is 0 Å². The number of halogens is 3. The maximum Gasteiger partial charge on any atom is 0.123 e. The summed E-state index contributed by atoms with van der Waals surface area (Å²) in [6.45, 7) is 5.52. The van der Waals surface area contributed by atoms with Crippen molar-refractivity contribution in [2.24, 2.45) is 0 Å². The third-order valence-electron chi connectivity index (χ3n) is 5.61. The van der Waals surface area contributed by atoms with Crippen molar-refractivity contribution in [3.63, 3.8) is 0 Å². The van der Waals surface area contributed by atoms with Crippen LogP contribution in [0.2, 0.25) is 10.0 Å². The molecule has 1 aliphatic heterocycles. The summed E-state index contributed by atoms with van der Waals surface area (Å²) in [5.74, 6) is -0.218. The monoisotopic (exact) mass is 442 g/mol. The lowest BCUT2D eigenvalue weighted by molar-refractivity contribution is -0.00898. The molecule has 0 bridgehead atoms. The number of aryl methyl sites for hydroxylation is 1. The summed E-state index contributed by atoms with van der Waals surface area (Å²) in [5.41, 5.74) is 4.53. The zero-order valence-corrected chi connectivity index (χ0v) is 18.5. The van der Waals surface area contributed by atoms with E-state index in [4.69, 9.17) is 23.2 Å². The molecule has 1 atom stereocenters. The van der Waals surface area contributed by atoms with Gasteiger partial charge in [-0.05, 0) is 48.7 Å². The first-order valence-corrected chi connectivity index (χ1v) is 11.0. The Morgan fingerprint density at radius 1 is 0.833 bits per heavy atom. The third kappa shape index (κ3) is 4.87. The van der Waals surface area contributed by atoms with Crippen LogP contribution in [0.3, 0.4) is 0 Å². The second-order valence-electron chi connectivity index (χ2n) is 7.92. The minimum Gasteiger partial charge on any atom is -0.280 e. The Hall–Kier alpha value is -1.91. The van der Waals surface area contributed by atoms with E-state index in [0.29, 0.717) is 16.6 Å². The fraction of sp³-hybridized carbons (Fsp3) is 0.280. The van der Waals surface area contributed by atoms with Crippen molar-refractivity contribution in [1.29, 1.82) is 0 Å². The largest absolute Gasteiger partial charge is 0.280 e. The first kappa shape index (κ1) is 21.3. The van der Waals surface area contributed by atoms with Crippen LogP contribution in [0.15, 0.2) is 66.7 Å². The van der Waals surface area contributed by atoms with Crippen molar-refractivity contribution >= 4 is 23.2 Å². The normalized spacial score (nSPS) is 17.9. The van der Waals surface area contributed by atoms with E-state index in [1.54, 1.807) is 0 Å². The van der Waals surface area contributed by atoms with Crippen LogP contribution < -0.4 is 0 Å². The van der Waals surface area contributed by atoms with E-state index in [1.807, 2.05) is 30.3 Å². The van der Waals surface area contributed by atoms with E-state index in [1.165, 1.54) is 23.3 Å². The minimum atomic E-state index is -0.218. The van der Waals surface area contributed by atoms with Gasteiger partial charge in [0.05, 0.1) is 6.17 Å². The molecule has 3 aromatic rings. The number of hydrogen-bond acceptors (Lipinski definition) is 2. The lowest BCUT2D eigenvalue weighted by atomic mass is 10.0. The number of rotatable bonds is 5. The third-order valence-corrected chi connectivity index (χ3v) is 6.27. The molecule has 0 radical (unpaired) electrons.